The van der Waals surface area contributed by atoms with Crippen molar-refractivity contribution < 1.29 is 19.0 Å². The molecule has 0 aliphatic heterocycles. The van der Waals surface area contributed by atoms with Crippen LogP contribution >= 0.6 is 11.6 Å². The molecule has 0 aliphatic rings. The van der Waals surface area contributed by atoms with Gasteiger partial charge in [0.25, 0.3) is 5.91 Å². The minimum absolute atomic E-state index is 0.0627. The van der Waals surface area contributed by atoms with Crippen molar-refractivity contribution in [1.82, 2.24) is 5.32 Å². The highest BCUT2D eigenvalue weighted by Crippen LogP contribution is 2.24. The molecule has 0 aromatic heterocycles. The summed E-state index contributed by atoms with van der Waals surface area (Å²) in [7, 11) is 0. The Kier molecular flexibility index (Phi) is 6.05. The van der Waals surface area contributed by atoms with Gasteiger partial charge in [-0.25, -0.2) is 4.39 Å². The SMILES string of the molecule is CC(C)C(O)CNC(=O)COc1ccc(F)cc1Cl. The highest BCUT2D eigenvalue weighted by Gasteiger charge is 2.11. The number of nitrogens with one attached hydrogen (secondary N) is 1. The van der Waals surface area contributed by atoms with Crippen molar-refractivity contribution in [3.63, 3.8) is 0 Å². The summed E-state index contributed by atoms with van der Waals surface area (Å²) in [6, 6.07) is 3.66. The smallest absolute Gasteiger partial charge is 0.258 e. The average molecular weight is 290 g/mol. The van der Waals surface area contributed by atoms with E-state index >= 15 is 0 Å². The van der Waals surface area contributed by atoms with Gasteiger partial charge in [-0.3, -0.25) is 4.79 Å². The standard InChI is InChI=1S/C13H17ClFNO3/c1-8(2)11(17)6-16-13(18)7-19-12-4-3-9(15)5-10(12)14/h3-5,8,11,17H,6-7H2,1-2H3,(H,16,18). The van der Waals surface area contributed by atoms with Crippen LogP contribution in [0.25, 0.3) is 0 Å². The number of aliphatic hydroxyl groups is 1. The lowest BCUT2D eigenvalue weighted by molar-refractivity contribution is -0.123. The summed E-state index contributed by atoms with van der Waals surface area (Å²) >= 11 is 5.75. The van der Waals surface area contributed by atoms with E-state index < -0.39 is 11.9 Å². The van der Waals surface area contributed by atoms with Crippen molar-refractivity contribution >= 4 is 17.5 Å². The van der Waals surface area contributed by atoms with Crippen LogP contribution in [-0.4, -0.2) is 30.3 Å². The average Bonchev–Trinajstić information content (AvgIpc) is 2.34. The second-order valence-corrected chi connectivity index (χ2v) is 4.89. The van der Waals surface area contributed by atoms with E-state index in [1.54, 1.807) is 0 Å². The number of aliphatic hydroxyl groups excluding tert-OH is 1. The number of hydrogen-bond donors (Lipinski definition) is 2. The van der Waals surface area contributed by atoms with Crippen molar-refractivity contribution in [2.24, 2.45) is 5.92 Å². The molecule has 1 unspecified atom stereocenters. The van der Waals surface area contributed by atoms with Gasteiger partial charge in [-0.1, -0.05) is 25.4 Å². The van der Waals surface area contributed by atoms with Gasteiger partial charge in [0.1, 0.15) is 11.6 Å². The van der Waals surface area contributed by atoms with Crippen LogP contribution in [0.4, 0.5) is 4.39 Å². The fourth-order valence-corrected chi connectivity index (χ4v) is 1.46. The second kappa shape index (κ2) is 7.31. The monoisotopic (exact) mass is 289 g/mol. The maximum Gasteiger partial charge on any atom is 0.258 e. The molecule has 0 saturated carbocycles. The number of carbonyl (C=O) groups excluding carboxylic acids is 1. The normalized spacial score (nSPS) is 12.3. The number of benzene rings is 1. The number of rotatable bonds is 6. The molecule has 0 saturated heterocycles. The molecule has 1 aromatic carbocycles. The molecule has 0 fully saturated rings. The fourth-order valence-electron chi connectivity index (χ4n) is 1.24. The summed E-state index contributed by atoms with van der Waals surface area (Å²) in [5.74, 6) is -0.544. The number of hydrogen-bond acceptors (Lipinski definition) is 3. The minimum atomic E-state index is -0.599. The number of halogens is 2. The fraction of sp³-hybridized carbons (Fsp3) is 0.462. The first-order valence-corrected chi connectivity index (χ1v) is 6.30. The van der Waals surface area contributed by atoms with Crippen molar-refractivity contribution in [2.45, 2.75) is 20.0 Å². The van der Waals surface area contributed by atoms with Crippen LogP contribution in [0.2, 0.25) is 5.02 Å². The van der Waals surface area contributed by atoms with Gasteiger partial charge < -0.3 is 15.2 Å². The van der Waals surface area contributed by atoms with Crippen molar-refractivity contribution in [2.75, 3.05) is 13.2 Å². The molecular weight excluding hydrogens is 273 g/mol. The van der Waals surface area contributed by atoms with E-state index in [1.165, 1.54) is 12.1 Å². The van der Waals surface area contributed by atoms with Crippen LogP contribution in [-0.2, 0) is 4.79 Å². The van der Waals surface area contributed by atoms with Crippen LogP contribution in [0.1, 0.15) is 13.8 Å². The van der Waals surface area contributed by atoms with E-state index in [1.807, 2.05) is 13.8 Å². The molecule has 6 heteroatoms. The maximum atomic E-state index is 12.8. The number of carbonyl (C=O) groups is 1. The summed E-state index contributed by atoms with van der Waals surface area (Å²) in [6.07, 6.45) is -0.599. The molecule has 0 aliphatic carbocycles. The summed E-state index contributed by atoms with van der Waals surface area (Å²) in [4.78, 5) is 11.5. The molecule has 1 rings (SSSR count). The molecule has 0 radical (unpaired) electrons. The Bertz CT molecular complexity index is 440. The van der Waals surface area contributed by atoms with Gasteiger partial charge in [-0.15, -0.1) is 0 Å². The molecule has 4 nitrogen and oxygen atoms in total. The zero-order valence-electron chi connectivity index (χ0n) is 10.8. The Morgan fingerprint density at radius 3 is 2.79 bits per heavy atom. The Morgan fingerprint density at radius 2 is 2.21 bits per heavy atom. The topological polar surface area (TPSA) is 58.6 Å². The maximum absolute atomic E-state index is 12.8. The first-order valence-electron chi connectivity index (χ1n) is 5.92. The molecule has 1 atom stereocenters. The molecule has 2 N–H and O–H groups in total. The Morgan fingerprint density at radius 1 is 1.53 bits per heavy atom. The lowest BCUT2D eigenvalue weighted by Crippen LogP contribution is -2.37. The van der Waals surface area contributed by atoms with Crippen molar-refractivity contribution in [3.8, 4) is 5.75 Å². The van der Waals surface area contributed by atoms with E-state index in [-0.39, 0.29) is 35.7 Å². The highest BCUT2D eigenvalue weighted by molar-refractivity contribution is 6.32. The first kappa shape index (κ1) is 15.7. The third-order valence-electron chi connectivity index (χ3n) is 2.53. The molecule has 19 heavy (non-hydrogen) atoms. The molecule has 1 aromatic rings. The van der Waals surface area contributed by atoms with Crippen LogP contribution < -0.4 is 10.1 Å². The van der Waals surface area contributed by atoms with Gasteiger partial charge in [0.15, 0.2) is 6.61 Å². The second-order valence-electron chi connectivity index (χ2n) is 4.48. The summed E-state index contributed by atoms with van der Waals surface area (Å²) in [5.41, 5.74) is 0. The Balaban J connectivity index is 2.38. The molecule has 1 amide bonds. The zero-order valence-corrected chi connectivity index (χ0v) is 11.6. The van der Waals surface area contributed by atoms with E-state index in [0.717, 1.165) is 6.07 Å². The van der Waals surface area contributed by atoms with Gasteiger partial charge in [0, 0.05) is 6.54 Å². The van der Waals surface area contributed by atoms with E-state index in [4.69, 9.17) is 16.3 Å². The van der Waals surface area contributed by atoms with Gasteiger partial charge in [-0.2, -0.15) is 0 Å². The molecule has 0 heterocycles. The molecule has 106 valence electrons. The molecule has 0 bridgehead atoms. The molecule has 0 spiro atoms. The van der Waals surface area contributed by atoms with Crippen LogP contribution in [0, 0.1) is 11.7 Å². The van der Waals surface area contributed by atoms with Crippen LogP contribution in [0.5, 0.6) is 5.75 Å². The van der Waals surface area contributed by atoms with Gasteiger partial charge in [-0.05, 0) is 24.1 Å². The third-order valence-corrected chi connectivity index (χ3v) is 2.83. The minimum Gasteiger partial charge on any atom is -0.482 e. The summed E-state index contributed by atoms with van der Waals surface area (Å²) in [6.45, 7) is 3.63. The van der Waals surface area contributed by atoms with Gasteiger partial charge in [0.2, 0.25) is 0 Å². The summed E-state index contributed by atoms with van der Waals surface area (Å²) < 4.78 is 17.9. The van der Waals surface area contributed by atoms with Crippen LogP contribution in [0.3, 0.4) is 0 Å². The van der Waals surface area contributed by atoms with Crippen molar-refractivity contribution in [1.29, 1.82) is 0 Å². The van der Waals surface area contributed by atoms with E-state index in [9.17, 15) is 14.3 Å². The van der Waals surface area contributed by atoms with Crippen molar-refractivity contribution in [3.05, 3.63) is 29.0 Å². The van der Waals surface area contributed by atoms with E-state index in [0.29, 0.717) is 0 Å². The largest absolute Gasteiger partial charge is 0.482 e. The highest BCUT2D eigenvalue weighted by atomic mass is 35.5. The third kappa shape index (κ3) is 5.44. The van der Waals surface area contributed by atoms with Gasteiger partial charge >= 0.3 is 0 Å². The van der Waals surface area contributed by atoms with E-state index in [2.05, 4.69) is 5.32 Å². The summed E-state index contributed by atoms with van der Waals surface area (Å²) in [5, 5.41) is 12.2. The zero-order chi connectivity index (χ0) is 14.4. The predicted molar refractivity (Wildman–Crippen MR) is 70.8 cm³/mol. The Hall–Kier alpha value is -1.33. The quantitative estimate of drug-likeness (QED) is 0.842. The molecular formula is C13H17ClFNO3. The number of ether oxygens (including phenoxy) is 1. The predicted octanol–water partition coefficient (Wildman–Crippen LogP) is 1.99. The van der Waals surface area contributed by atoms with Gasteiger partial charge in [0.05, 0.1) is 11.1 Å². The lowest BCUT2D eigenvalue weighted by Gasteiger charge is -2.15. The number of amides is 1. The lowest BCUT2D eigenvalue weighted by atomic mass is 10.1. The van der Waals surface area contributed by atoms with Crippen LogP contribution in [0.15, 0.2) is 18.2 Å². The Labute approximate surface area is 116 Å². The first-order chi connectivity index (χ1) is 8.90.